The van der Waals surface area contributed by atoms with E-state index in [2.05, 4.69) is 17.6 Å². The number of nitrogens with one attached hydrogen (secondary N) is 2. The van der Waals surface area contributed by atoms with Crippen molar-refractivity contribution in [2.24, 2.45) is 11.8 Å². The summed E-state index contributed by atoms with van der Waals surface area (Å²) in [5.41, 5.74) is -1.09. The monoisotopic (exact) mass is 499 g/mol. The Kier molecular flexibility index (Phi) is 8.35. The summed E-state index contributed by atoms with van der Waals surface area (Å²) >= 11 is 0. The van der Waals surface area contributed by atoms with E-state index in [0.717, 1.165) is 44.9 Å². The van der Waals surface area contributed by atoms with Gasteiger partial charge in [-0.2, -0.15) is 0 Å². The third kappa shape index (κ3) is 4.90. The number of benzene rings is 1. The topological polar surface area (TPSA) is 108 Å². The van der Waals surface area contributed by atoms with Crippen molar-refractivity contribution in [1.82, 2.24) is 10.2 Å². The Labute approximate surface area is 214 Å². The summed E-state index contributed by atoms with van der Waals surface area (Å²) in [6.07, 6.45) is 7.40. The van der Waals surface area contributed by atoms with Crippen molar-refractivity contribution < 1.29 is 24.2 Å². The molecule has 3 amide bonds. The standard InChI is InChI=1S/C28H41N3O5/c1-3-4-10-17-29-25(34)23-28-16-15-27(2,36-28)21(24(33)30-20-13-8-7-9-14-20)22(28)26(35)31(23)18-11-5-6-12-19-32/h7-9,13-14,21-23,32H,3-6,10-12,15-19H2,1-2H3,(H,29,34)(H,30,33)/t21-,22+,23?,27+,28?/m1/s1. The largest absolute Gasteiger partial charge is 0.396 e. The fraction of sp³-hybridized carbons (Fsp3) is 0.679. The van der Waals surface area contributed by atoms with E-state index in [9.17, 15) is 14.4 Å². The summed E-state index contributed by atoms with van der Waals surface area (Å²) in [6, 6.07) is 8.51. The van der Waals surface area contributed by atoms with Gasteiger partial charge in [-0.1, -0.05) is 50.8 Å². The zero-order valence-electron chi connectivity index (χ0n) is 21.6. The van der Waals surface area contributed by atoms with Gasteiger partial charge in [0, 0.05) is 25.4 Å². The van der Waals surface area contributed by atoms with E-state index in [-0.39, 0.29) is 24.3 Å². The maximum Gasteiger partial charge on any atom is 0.245 e. The summed E-state index contributed by atoms with van der Waals surface area (Å²) in [5.74, 6) is -1.89. The van der Waals surface area contributed by atoms with Crippen molar-refractivity contribution in [2.75, 3.05) is 25.0 Å². The Bertz CT molecular complexity index is 940. The summed E-state index contributed by atoms with van der Waals surface area (Å²) in [4.78, 5) is 42.8. The number of hydrogen-bond donors (Lipinski definition) is 3. The molecule has 3 fully saturated rings. The Morgan fingerprint density at radius 3 is 2.53 bits per heavy atom. The Balaban J connectivity index is 1.58. The number of unbranched alkanes of at least 4 members (excludes halogenated alkanes) is 5. The van der Waals surface area contributed by atoms with Crippen LogP contribution in [0.1, 0.15) is 71.6 Å². The fourth-order valence-corrected chi connectivity index (χ4v) is 6.54. The predicted molar refractivity (Wildman–Crippen MR) is 137 cm³/mol. The number of amides is 3. The number of likely N-dealkylation sites (tertiary alicyclic amines) is 1. The third-order valence-electron chi connectivity index (χ3n) is 8.24. The second-order valence-corrected chi connectivity index (χ2v) is 10.8. The van der Waals surface area contributed by atoms with Crippen molar-refractivity contribution in [2.45, 2.75) is 88.9 Å². The lowest BCUT2D eigenvalue weighted by Gasteiger charge is -2.33. The molecule has 3 aliphatic heterocycles. The average molecular weight is 500 g/mol. The van der Waals surface area contributed by atoms with Crippen LogP contribution in [0.25, 0.3) is 0 Å². The van der Waals surface area contributed by atoms with Crippen molar-refractivity contribution >= 4 is 23.4 Å². The van der Waals surface area contributed by atoms with Crippen molar-refractivity contribution in [3.8, 4) is 0 Å². The first-order chi connectivity index (χ1) is 17.4. The van der Waals surface area contributed by atoms with Crippen LogP contribution in [-0.4, -0.2) is 64.7 Å². The molecule has 2 bridgehead atoms. The molecule has 1 aromatic rings. The van der Waals surface area contributed by atoms with Crippen LogP contribution in [0.5, 0.6) is 0 Å². The molecule has 8 nitrogen and oxygen atoms in total. The normalized spacial score (nSPS) is 30.5. The molecule has 198 valence electrons. The lowest BCUT2D eigenvalue weighted by Crippen LogP contribution is -2.55. The molecule has 1 aromatic carbocycles. The number of aliphatic hydroxyl groups excluding tert-OH is 1. The number of fused-ring (bicyclic) bond motifs is 1. The highest BCUT2D eigenvalue weighted by Gasteiger charge is 2.77. The number of aliphatic hydroxyl groups is 1. The fourth-order valence-electron chi connectivity index (χ4n) is 6.54. The van der Waals surface area contributed by atoms with E-state index in [1.165, 1.54) is 0 Å². The maximum atomic E-state index is 13.9. The summed E-state index contributed by atoms with van der Waals surface area (Å²) < 4.78 is 6.63. The first kappa shape index (κ1) is 26.6. The smallest absolute Gasteiger partial charge is 0.245 e. The van der Waals surface area contributed by atoms with Gasteiger partial charge in [0.25, 0.3) is 0 Å². The highest BCUT2D eigenvalue weighted by atomic mass is 16.5. The predicted octanol–water partition coefficient (Wildman–Crippen LogP) is 3.25. The number of hydrogen-bond acceptors (Lipinski definition) is 5. The first-order valence-corrected chi connectivity index (χ1v) is 13.6. The van der Waals surface area contributed by atoms with E-state index in [1.807, 2.05) is 37.3 Å². The molecule has 5 atom stereocenters. The van der Waals surface area contributed by atoms with Crippen LogP contribution in [0, 0.1) is 11.8 Å². The van der Waals surface area contributed by atoms with E-state index < -0.39 is 29.1 Å². The third-order valence-corrected chi connectivity index (χ3v) is 8.24. The Hall–Kier alpha value is -2.45. The van der Waals surface area contributed by atoms with E-state index in [1.54, 1.807) is 4.90 Å². The van der Waals surface area contributed by atoms with Gasteiger partial charge in [-0.15, -0.1) is 0 Å². The maximum absolute atomic E-state index is 13.9. The number of carbonyl (C=O) groups is 3. The van der Waals surface area contributed by atoms with Crippen LogP contribution in [0.2, 0.25) is 0 Å². The van der Waals surface area contributed by atoms with Crippen molar-refractivity contribution in [1.29, 1.82) is 0 Å². The van der Waals surface area contributed by atoms with Gasteiger partial charge in [-0.05, 0) is 51.2 Å². The zero-order valence-corrected chi connectivity index (χ0v) is 21.6. The van der Waals surface area contributed by atoms with Crippen LogP contribution >= 0.6 is 0 Å². The summed E-state index contributed by atoms with van der Waals surface area (Å²) in [7, 11) is 0. The Morgan fingerprint density at radius 1 is 1.06 bits per heavy atom. The molecule has 3 saturated heterocycles. The average Bonchev–Trinajstić information content (AvgIpc) is 3.43. The number of ether oxygens (including phenoxy) is 1. The molecule has 1 spiro atoms. The quantitative estimate of drug-likeness (QED) is 0.361. The number of para-hydroxylation sites is 1. The summed E-state index contributed by atoms with van der Waals surface area (Å²) in [6.45, 7) is 5.20. The summed E-state index contributed by atoms with van der Waals surface area (Å²) in [5, 5.41) is 15.1. The van der Waals surface area contributed by atoms with Crippen LogP contribution in [0.4, 0.5) is 5.69 Å². The number of anilines is 1. The van der Waals surface area contributed by atoms with Gasteiger partial charge in [0.05, 0.1) is 17.4 Å². The van der Waals surface area contributed by atoms with Crippen LogP contribution < -0.4 is 10.6 Å². The van der Waals surface area contributed by atoms with Crippen LogP contribution in [-0.2, 0) is 19.1 Å². The molecule has 3 aliphatic rings. The molecule has 0 radical (unpaired) electrons. The highest BCUT2D eigenvalue weighted by Crippen LogP contribution is 2.63. The van der Waals surface area contributed by atoms with Gasteiger partial charge in [0.2, 0.25) is 17.7 Å². The van der Waals surface area contributed by atoms with Crippen molar-refractivity contribution in [3.05, 3.63) is 30.3 Å². The van der Waals surface area contributed by atoms with Gasteiger partial charge in [-0.3, -0.25) is 14.4 Å². The molecular formula is C28H41N3O5. The molecule has 0 saturated carbocycles. The Morgan fingerprint density at radius 2 is 1.81 bits per heavy atom. The van der Waals surface area contributed by atoms with E-state index in [0.29, 0.717) is 31.6 Å². The van der Waals surface area contributed by atoms with E-state index >= 15 is 0 Å². The molecule has 8 heteroatoms. The lowest BCUT2D eigenvalue weighted by molar-refractivity contribution is -0.145. The molecule has 3 N–H and O–H groups in total. The van der Waals surface area contributed by atoms with Crippen LogP contribution in [0.3, 0.4) is 0 Å². The molecule has 2 unspecified atom stereocenters. The molecule has 4 rings (SSSR count). The van der Waals surface area contributed by atoms with Gasteiger partial charge in [0.15, 0.2) is 0 Å². The minimum Gasteiger partial charge on any atom is -0.396 e. The van der Waals surface area contributed by atoms with Gasteiger partial charge in [0.1, 0.15) is 11.6 Å². The van der Waals surface area contributed by atoms with Crippen LogP contribution in [0.15, 0.2) is 30.3 Å². The van der Waals surface area contributed by atoms with Gasteiger partial charge in [-0.25, -0.2) is 0 Å². The van der Waals surface area contributed by atoms with Gasteiger partial charge < -0.3 is 25.4 Å². The molecule has 36 heavy (non-hydrogen) atoms. The molecular weight excluding hydrogens is 458 g/mol. The zero-order chi connectivity index (χ0) is 25.8. The number of rotatable bonds is 13. The van der Waals surface area contributed by atoms with Gasteiger partial charge >= 0.3 is 0 Å². The number of carbonyl (C=O) groups excluding carboxylic acids is 3. The SMILES string of the molecule is CCCCCNC(=O)C1N(CCCCCCO)C(=O)[C@@H]2[C@H](C(=O)Nc3ccccc3)[C@]3(C)CCC12O3. The second-order valence-electron chi connectivity index (χ2n) is 10.8. The minimum atomic E-state index is -0.982. The van der Waals surface area contributed by atoms with E-state index in [4.69, 9.17) is 9.84 Å². The highest BCUT2D eigenvalue weighted by molar-refractivity contribution is 6.02. The molecule has 3 heterocycles. The molecule has 0 aromatic heterocycles. The molecule has 0 aliphatic carbocycles. The first-order valence-electron chi connectivity index (χ1n) is 13.6. The van der Waals surface area contributed by atoms with Crippen molar-refractivity contribution in [3.63, 3.8) is 0 Å². The lowest BCUT2D eigenvalue weighted by atomic mass is 9.66. The number of nitrogens with zero attached hydrogens (tertiary/aromatic N) is 1. The minimum absolute atomic E-state index is 0.150. The second kappa shape index (κ2) is 11.3.